The summed E-state index contributed by atoms with van der Waals surface area (Å²) in [5, 5.41) is 0. The van der Waals surface area contributed by atoms with Crippen LogP contribution in [0.2, 0.25) is 0 Å². The molecule has 1 saturated carbocycles. The van der Waals surface area contributed by atoms with Crippen LogP contribution in [0, 0.1) is 33.5 Å². The van der Waals surface area contributed by atoms with Crippen molar-refractivity contribution < 1.29 is 49.0 Å². The molecule has 62 heavy (non-hydrogen) atoms. The Labute approximate surface area is 402 Å². The zero-order valence-corrected chi connectivity index (χ0v) is 42.0. The van der Waals surface area contributed by atoms with Crippen molar-refractivity contribution >= 4 is 9.78 Å². The molecule has 0 saturated heterocycles. The van der Waals surface area contributed by atoms with Crippen molar-refractivity contribution in [3.8, 4) is 22.3 Å². The second-order valence-corrected chi connectivity index (χ2v) is 18.2. The number of allylic oxidation sites excluding steroid dienone is 6. The van der Waals surface area contributed by atoms with Gasteiger partial charge >= 0.3 is 28.4 Å². The van der Waals surface area contributed by atoms with Crippen LogP contribution >= 0.6 is 0 Å². The SMILES string of the molecule is C[C-]1C2=C3Cc4ccccc4C3=C3C=CCCC3C2(C)C(C)(C)C(C)(C)C1(C)C.[CH2]=[Zr+2].[Cl-].[Cl-].c1cc[cH-]c1.c1ccc(-c2ccccc2)cc1.c1ccc(-c2ccccc2)cc1. The minimum absolute atomic E-state index is 0. The third-order valence-electron chi connectivity index (χ3n) is 15.1. The molecule has 3 heteroatoms. The van der Waals surface area contributed by atoms with Gasteiger partial charge in [0.25, 0.3) is 0 Å². The van der Waals surface area contributed by atoms with Crippen LogP contribution in [0.4, 0.5) is 0 Å². The van der Waals surface area contributed by atoms with E-state index in [2.05, 4.69) is 193 Å². The fourth-order valence-electron chi connectivity index (χ4n) is 10.4. The van der Waals surface area contributed by atoms with Crippen LogP contribution in [0.15, 0.2) is 205 Å². The summed E-state index contributed by atoms with van der Waals surface area (Å²) in [5.74, 6) is 2.24. The van der Waals surface area contributed by atoms with E-state index in [0.717, 1.165) is 6.42 Å². The Kier molecular flexibility index (Phi) is 17.9. The molecule has 2 atom stereocenters. The molecule has 1 fully saturated rings. The fourth-order valence-corrected chi connectivity index (χ4v) is 10.4. The zero-order valence-electron chi connectivity index (χ0n) is 38.1. The molecule has 0 amide bonds. The van der Waals surface area contributed by atoms with E-state index in [9.17, 15) is 0 Å². The molecule has 10 rings (SSSR count). The van der Waals surface area contributed by atoms with Gasteiger partial charge in [-0.3, -0.25) is 0 Å². The first kappa shape index (κ1) is 50.5. The van der Waals surface area contributed by atoms with Crippen molar-refractivity contribution in [2.24, 2.45) is 27.6 Å². The predicted molar refractivity (Wildman–Crippen MR) is 257 cm³/mol. The summed E-state index contributed by atoms with van der Waals surface area (Å²) in [6, 6.07) is 60.7. The van der Waals surface area contributed by atoms with Crippen molar-refractivity contribution in [3.05, 3.63) is 222 Å². The molecule has 2 unspecified atom stereocenters. The average molecular weight is 935 g/mol. The third kappa shape index (κ3) is 9.67. The van der Waals surface area contributed by atoms with Crippen molar-refractivity contribution in [1.82, 2.24) is 0 Å². The monoisotopic (exact) mass is 932 g/mol. The van der Waals surface area contributed by atoms with E-state index in [1.54, 1.807) is 28.2 Å². The van der Waals surface area contributed by atoms with Gasteiger partial charge in [-0.2, -0.15) is 29.3 Å². The van der Waals surface area contributed by atoms with E-state index in [1.165, 1.54) is 70.5 Å². The molecular weight excluding hydrogens is 871 g/mol. The van der Waals surface area contributed by atoms with Crippen molar-refractivity contribution in [3.63, 3.8) is 0 Å². The molecule has 6 aromatic rings. The predicted octanol–water partition coefficient (Wildman–Crippen LogP) is 10.1. The first-order valence-corrected chi connectivity index (χ1v) is 23.5. The van der Waals surface area contributed by atoms with Gasteiger partial charge < -0.3 is 24.8 Å². The largest absolute Gasteiger partial charge is 1.00 e. The van der Waals surface area contributed by atoms with Gasteiger partial charge in [0.2, 0.25) is 0 Å². The van der Waals surface area contributed by atoms with Gasteiger partial charge in [-0.1, -0.05) is 235 Å². The summed E-state index contributed by atoms with van der Waals surface area (Å²) in [5.41, 5.74) is 15.4. The maximum absolute atomic E-state index is 3.34. The number of halogens is 2. The summed E-state index contributed by atoms with van der Waals surface area (Å²) in [6.07, 6.45) is 8.50. The van der Waals surface area contributed by atoms with Crippen LogP contribution in [0.5, 0.6) is 0 Å². The van der Waals surface area contributed by atoms with Crippen LogP contribution in [-0.4, -0.2) is 4.21 Å². The quantitative estimate of drug-likeness (QED) is 0.152. The van der Waals surface area contributed by atoms with Gasteiger partial charge in [0, 0.05) is 0 Å². The second kappa shape index (κ2) is 22.0. The molecule has 4 aliphatic rings. The molecule has 0 aromatic heterocycles. The average Bonchev–Trinajstić information content (AvgIpc) is 4.01. The Morgan fingerprint density at radius 1 is 0.565 bits per heavy atom. The standard InChI is InChI=1S/C29H37.2C12H10.C5H5.CH2.2ClH.Zr/c1-18-25-22-17-19-13-9-10-14-20(19)24(22)21-15-11-12-16-23(21)29(25,8)28(6,7)27(4,5)26(18,2)3;2*1-3-7-11(8-4-1)12-9-5-2-6-10-12;1-2-4-5-3-1;;;;/h9-11,13-15,23H,12,16-17H2,1-8H3;2*1-10H;1-5H;1H2;2*1H;/q-1;;;-1;;;;+2/p-2. The first-order chi connectivity index (χ1) is 28.9. The van der Waals surface area contributed by atoms with E-state index in [0.29, 0.717) is 5.92 Å². The first-order valence-electron chi connectivity index (χ1n) is 21.7. The number of fused-ring (bicyclic) bond motifs is 6. The van der Waals surface area contributed by atoms with E-state index in [-0.39, 0.29) is 46.5 Å². The minimum atomic E-state index is 0. The van der Waals surface area contributed by atoms with E-state index >= 15 is 0 Å². The smallest absolute Gasteiger partial charge is 0.0184 e. The zero-order chi connectivity index (χ0) is 43.0. The van der Waals surface area contributed by atoms with Crippen molar-refractivity contribution in [2.75, 3.05) is 0 Å². The maximum Gasteiger partial charge on any atom is -0.0184 e. The Morgan fingerprint density at radius 2 is 0.984 bits per heavy atom. The van der Waals surface area contributed by atoms with Gasteiger partial charge in [0.15, 0.2) is 0 Å². The van der Waals surface area contributed by atoms with Gasteiger partial charge in [-0.05, 0) is 62.8 Å². The number of rotatable bonds is 2. The van der Waals surface area contributed by atoms with Crippen LogP contribution in [0.3, 0.4) is 0 Å². The Balaban J connectivity index is 0.000000211. The summed E-state index contributed by atoms with van der Waals surface area (Å²) in [4.78, 5) is 0. The molecular formula is C59H64Cl2Zr-2. The summed E-state index contributed by atoms with van der Waals surface area (Å²) < 4.78 is 3.34. The summed E-state index contributed by atoms with van der Waals surface area (Å²) in [7, 11) is 0. The van der Waals surface area contributed by atoms with Crippen LogP contribution < -0.4 is 24.8 Å². The number of hydrogen-bond donors (Lipinski definition) is 0. The van der Waals surface area contributed by atoms with Gasteiger partial charge in [-0.25, -0.2) is 18.1 Å². The molecule has 0 radical (unpaired) electrons. The summed E-state index contributed by atoms with van der Waals surface area (Å²) >= 11 is 1.30. The molecule has 0 nitrogen and oxygen atoms in total. The van der Waals surface area contributed by atoms with Gasteiger partial charge in [0.05, 0.1) is 0 Å². The molecule has 6 aromatic carbocycles. The fraction of sp³-hybridized carbons (Fsp3) is 0.271. The molecule has 0 bridgehead atoms. The summed E-state index contributed by atoms with van der Waals surface area (Å²) in [6.45, 7) is 20.3. The van der Waals surface area contributed by atoms with Gasteiger partial charge in [0.1, 0.15) is 0 Å². The molecule has 0 heterocycles. The van der Waals surface area contributed by atoms with Crippen LogP contribution in [0.25, 0.3) is 27.8 Å². The third-order valence-corrected chi connectivity index (χ3v) is 15.1. The minimum Gasteiger partial charge on any atom is -1.00 e. The molecule has 4 aliphatic carbocycles. The van der Waals surface area contributed by atoms with Crippen molar-refractivity contribution in [2.45, 2.75) is 74.7 Å². The molecule has 0 spiro atoms. The van der Waals surface area contributed by atoms with Crippen molar-refractivity contribution in [1.29, 1.82) is 0 Å². The van der Waals surface area contributed by atoms with Crippen LogP contribution in [0.1, 0.15) is 79.4 Å². The molecule has 320 valence electrons. The normalized spacial score (nSPS) is 20.0. The Hall–Kier alpha value is -4.13. The van der Waals surface area contributed by atoms with Gasteiger partial charge in [-0.15, -0.1) is 6.92 Å². The van der Waals surface area contributed by atoms with E-state index < -0.39 is 0 Å². The number of hydrogen-bond acceptors (Lipinski definition) is 0. The molecule has 0 aliphatic heterocycles. The van der Waals surface area contributed by atoms with E-state index in [1.807, 2.05) is 54.6 Å². The number of benzene rings is 5. The maximum atomic E-state index is 3.34. The second-order valence-electron chi connectivity index (χ2n) is 18.2. The van der Waals surface area contributed by atoms with Crippen LogP contribution in [-0.2, 0) is 30.7 Å². The molecule has 0 N–H and O–H groups in total. The Bertz CT molecular complexity index is 2200. The topological polar surface area (TPSA) is 0 Å². The van der Waals surface area contributed by atoms with E-state index in [4.69, 9.17) is 0 Å². The Morgan fingerprint density at radius 3 is 1.40 bits per heavy atom.